The third-order valence-corrected chi connectivity index (χ3v) is 2.77. The van der Waals surface area contributed by atoms with Crippen LogP contribution in [0.25, 0.3) is 0 Å². The van der Waals surface area contributed by atoms with Gasteiger partial charge >= 0.3 is 0 Å². The van der Waals surface area contributed by atoms with Crippen molar-refractivity contribution in [1.82, 2.24) is 0 Å². The van der Waals surface area contributed by atoms with E-state index in [1.54, 1.807) is 26.2 Å². The van der Waals surface area contributed by atoms with Gasteiger partial charge in [-0.3, -0.25) is 0 Å². The molecule has 2 N–H and O–H groups in total. The predicted molar refractivity (Wildman–Crippen MR) is 72.9 cm³/mol. The molecule has 2 atom stereocenters. The lowest BCUT2D eigenvalue weighted by atomic mass is 10.2. The van der Waals surface area contributed by atoms with Crippen LogP contribution in [0.3, 0.4) is 0 Å². The molecule has 1 aromatic carbocycles. The van der Waals surface area contributed by atoms with Crippen LogP contribution in [-0.2, 0) is 9.47 Å². The summed E-state index contributed by atoms with van der Waals surface area (Å²) >= 11 is 0. The Hall–Kier alpha value is -1.17. The van der Waals surface area contributed by atoms with Crippen molar-refractivity contribution in [2.75, 3.05) is 32.2 Å². The van der Waals surface area contributed by atoms with Crippen molar-refractivity contribution < 1.29 is 19.0 Å². The first kappa shape index (κ1) is 15.9. The zero-order valence-corrected chi connectivity index (χ0v) is 11.6. The second kappa shape index (κ2) is 8.09. The summed E-state index contributed by atoms with van der Waals surface area (Å²) in [7, 11) is 1.60. The number of rotatable bonds is 8. The molecule has 0 fully saturated rings. The number of aliphatic hydroxyl groups excluding tert-OH is 1. The molecule has 2 unspecified atom stereocenters. The van der Waals surface area contributed by atoms with Gasteiger partial charge in [-0.1, -0.05) is 6.07 Å². The number of anilines is 1. The molecule has 0 saturated heterocycles. The normalized spacial score (nSPS) is 14.2. The van der Waals surface area contributed by atoms with E-state index in [1.165, 1.54) is 6.07 Å². The fourth-order valence-electron chi connectivity index (χ4n) is 1.64. The molecule has 0 radical (unpaired) electrons. The van der Waals surface area contributed by atoms with Gasteiger partial charge in [-0.15, -0.1) is 0 Å². The maximum absolute atomic E-state index is 13.3. The van der Waals surface area contributed by atoms with Gasteiger partial charge in [0.1, 0.15) is 5.82 Å². The van der Waals surface area contributed by atoms with E-state index >= 15 is 0 Å². The van der Waals surface area contributed by atoms with Crippen molar-refractivity contribution in [2.24, 2.45) is 0 Å². The van der Waals surface area contributed by atoms with E-state index in [1.807, 2.05) is 6.92 Å². The zero-order valence-electron chi connectivity index (χ0n) is 11.6. The summed E-state index contributed by atoms with van der Waals surface area (Å²) in [6.07, 6.45) is -0.711. The molecule has 1 aromatic rings. The highest BCUT2D eigenvalue weighted by atomic mass is 19.1. The third kappa shape index (κ3) is 5.55. The van der Waals surface area contributed by atoms with Crippen molar-refractivity contribution >= 4 is 5.69 Å². The van der Waals surface area contributed by atoms with Crippen LogP contribution in [0.4, 0.5) is 10.1 Å². The van der Waals surface area contributed by atoms with Crippen molar-refractivity contribution in [1.29, 1.82) is 0 Å². The van der Waals surface area contributed by atoms with E-state index in [0.717, 1.165) is 0 Å². The summed E-state index contributed by atoms with van der Waals surface area (Å²) in [6, 6.07) is 4.82. The Morgan fingerprint density at radius 3 is 2.79 bits per heavy atom. The molecule has 0 amide bonds. The SMILES string of the molecule is COCC(C)OCC(O)CNc1cccc(F)c1C. The van der Waals surface area contributed by atoms with Crippen LogP contribution in [0.5, 0.6) is 0 Å². The molecule has 0 aliphatic rings. The van der Waals surface area contributed by atoms with Crippen molar-refractivity contribution in [3.63, 3.8) is 0 Å². The van der Waals surface area contributed by atoms with Gasteiger partial charge in [-0.25, -0.2) is 4.39 Å². The highest BCUT2D eigenvalue weighted by molar-refractivity contribution is 5.50. The number of nitrogens with one attached hydrogen (secondary N) is 1. The van der Waals surface area contributed by atoms with Crippen molar-refractivity contribution in [3.05, 3.63) is 29.6 Å². The number of halogens is 1. The molecule has 0 bridgehead atoms. The number of methoxy groups -OCH3 is 1. The minimum Gasteiger partial charge on any atom is -0.389 e. The lowest BCUT2D eigenvalue weighted by Gasteiger charge is -2.17. The molecule has 1 rings (SSSR count). The van der Waals surface area contributed by atoms with Gasteiger partial charge in [0.05, 0.1) is 25.4 Å². The van der Waals surface area contributed by atoms with Crippen LogP contribution in [-0.4, -0.2) is 44.2 Å². The van der Waals surface area contributed by atoms with Gasteiger partial charge in [0.2, 0.25) is 0 Å². The second-order valence-corrected chi connectivity index (χ2v) is 4.55. The van der Waals surface area contributed by atoms with Crippen molar-refractivity contribution in [2.45, 2.75) is 26.1 Å². The first-order valence-electron chi connectivity index (χ1n) is 6.32. The Balaban J connectivity index is 2.33. The number of ether oxygens (including phenoxy) is 2. The molecule has 19 heavy (non-hydrogen) atoms. The quantitative estimate of drug-likeness (QED) is 0.759. The largest absolute Gasteiger partial charge is 0.389 e. The molecule has 0 aromatic heterocycles. The van der Waals surface area contributed by atoms with Crippen LogP contribution < -0.4 is 5.32 Å². The van der Waals surface area contributed by atoms with Gasteiger partial charge in [-0.2, -0.15) is 0 Å². The second-order valence-electron chi connectivity index (χ2n) is 4.55. The maximum Gasteiger partial charge on any atom is 0.128 e. The van der Waals surface area contributed by atoms with Crippen LogP contribution in [0.1, 0.15) is 12.5 Å². The fourth-order valence-corrected chi connectivity index (χ4v) is 1.64. The van der Waals surface area contributed by atoms with Gasteiger partial charge in [-0.05, 0) is 26.0 Å². The molecule has 0 heterocycles. The van der Waals surface area contributed by atoms with Crippen molar-refractivity contribution in [3.8, 4) is 0 Å². The highest BCUT2D eigenvalue weighted by Gasteiger charge is 2.09. The summed E-state index contributed by atoms with van der Waals surface area (Å²) in [6.45, 7) is 4.58. The Bertz CT molecular complexity index is 387. The molecule has 0 spiro atoms. The fraction of sp³-hybridized carbons (Fsp3) is 0.571. The van der Waals surface area contributed by atoms with E-state index in [9.17, 15) is 9.50 Å². The van der Waals surface area contributed by atoms with E-state index in [0.29, 0.717) is 24.4 Å². The van der Waals surface area contributed by atoms with Gasteiger partial charge in [0.15, 0.2) is 0 Å². The minimum absolute atomic E-state index is 0.0597. The summed E-state index contributed by atoms with van der Waals surface area (Å²) < 4.78 is 23.6. The zero-order chi connectivity index (χ0) is 14.3. The van der Waals surface area contributed by atoms with Crippen LogP contribution in [0, 0.1) is 12.7 Å². The van der Waals surface area contributed by atoms with Gasteiger partial charge < -0.3 is 19.9 Å². The first-order valence-corrected chi connectivity index (χ1v) is 6.32. The molecule has 4 nitrogen and oxygen atoms in total. The summed E-state index contributed by atoms with van der Waals surface area (Å²) in [4.78, 5) is 0. The Morgan fingerprint density at radius 2 is 2.11 bits per heavy atom. The van der Waals surface area contributed by atoms with Gasteiger partial charge in [0, 0.05) is 24.9 Å². The van der Waals surface area contributed by atoms with E-state index in [2.05, 4.69) is 5.32 Å². The summed E-state index contributed by atoms with van der Waals surface area (Å²) in [5.41, 5.74) is 1.23. The van der Waals surface area contributed by atoms with Gasteiger partial charge in [0.25, 0.3) is 0 Å². The predicted octanol–water partition coefficient (Wildman–Crippen LogP) is 1.96. The number of hydrogen-bond donors (Lipinski definition) is 2. The Labute approximate surface area is 113 Å². The smallest absolute Gasteiger partial charge is 0.128 e. The number of hydrogen-bond acceptors (Lipinski definition) is 4. The standard InChI is InChI=1S/C14H22FNO3/c1-10(8-18-3)19-9-12(17)7-16-14-6-4-5-13(15)11(14)2/h4-6,10,12,16-17H,7-9H2,1-3H3. The molecule has 0 aliphatic carbocycles. The first-order chi connectivity index (χ1) is 9.04. The summed E-state index contributed by atoms with van der Waals surface area (Å²) in [5, 5.41) is 12.8. The van der Waals surface area contributed by atoms with Crippen LogP contribution >= 0.6 is 0 Å². The Morgan fingerprint density at radius 1 is 1.37 bits per heavy atom. The summed E-state index contributed by atoms with van der Waals surface area (Å²) in [5.74, 6) is -0.260. The molecular formula is C14H22FNO3. The maximum atomic E-state index is 13.3. The van der Waals surface area contributed by atoms with E-state index < -0.39 is 6.10 Å². The topological polar surface area (TPSA) is 50.7 Å². The molecule has 108 valence electrons. The molecule has 0 aliphatic heterocycles. The highest BCUT2D eigenvalue weighted by Crippen LogP contribution is 2.17. The Kier molecular flexibility index (Phi) is 6.77. The molecule has 5 heteroatoms. The van der Waals surface area contributed by atoms with E-state index in [-0.39, 0.29) is 18.5 Å². The monoisotopic (exact) mass is 271 g/mol. The number of benzene rings is 1. The number of aliphatic hydroxyl groups is 1. The lowest BCUT2D eigenvalue weighted by molar-refractivity contribution is -0.0282. The lowest BCUT2D eigenvalue weighted by Crippen LogP contribution is -2.28. The molecular weight excluding hydrogens is 249 g/mol. The average molecular weight is 271 g/mol. The van der Waals surface area contributed by atoms with Crippen LogP contribution in [0.2, 0.25) is 0 Å². The van der Waals surface area contributed by atoms with Crippen LogP contribution in [0.15, 0.2) is 18.2 Å². The molecule has 0 saturated carbocycles. The average Bonchev–Trinajstić information content (AvgIpc) is 2.38. The third-order valence-electron chi connectivity index (χ3n) is 2.77. The minimum atomic E-state index is -0.651. The van der Waals surface area contributed by atoms with E-state index in [4.69, 9.17) is 9.47 Å².